The van der Waals surface area contributed by atoms with Crippen LogP contribution < -0.4 is 0 Å². The zero-order valence-corrected chi connectivity index (χ0v) is 14.2. The Morgan fingerprint density at radius 3 is 2.64 bits per heavy atom. The Morgan fingerprint density at radius 1 is 1.23 bits per heavy atom. The van der Waals surface area contributed by atoms with Gasteiger partial charge in [0.1, 0.15) is 5.82 Å². The first-order valence-electron chi connectivity index (χ1n) is 7.04. The molecule has 0 amide bonds. The van der Waals surface area contributed by atoms with Crippen LogP contribution in [0.4, 0.5) is 0 Å². The molecule has 6 nitrogen and oxygen atoms in total. The molecule has 0 saturated carbocycles. The molecule has 0 N–H and O–H groups in total. The Bertz CT molecular complexity index is 750. The fourth-order valence-electron chi connectivity index (χ4n) is 1.94. The van der Waals surface area contributed by atoms with Crippen LogP contribution in [0.15, 0.2) is 34.0 Å². The van der Waals surface area contributed by atoms with E-state index in [4.69, 9.17) is 0 Å². The van der Waals surface area contributed by atoms with E-state index in [1.807, 2.05) is 12.1 Å². The van der Waals surface area contributed by atoms with Gasteiger partial charge in [-0.25, -0.2) is 4.98 Å². The molecular formula is C14H16N6S2. The van der Waals surface area contributed by atoms with Crippen LogP contribution in [0.1, 0.15) is 32.5 Å². The largest absolute Gasteiger partial charge is 0.302 e. The van der Waals surface area contributed by atoms with Crippen molar-refractivity contribution in [2.45, 2.75) is 42.7 Å². The minimum atomic E-state index is 0.335. The van der Waals surface area contributed by atoms with E-state index in [1.54, 1.807) is 12.4 Å². The van der Waals surface area contributed by atoms with Crippen LogP contribution in [0.5, 0.6) is 0 Å². The molecule has 3 aromatic rings. The van der Waals surface area contributed by atoms with Gasteiger partial charge < -0.3 is 4.57 Å². The predicted molar refractivity (Wildman–Crippen MR) is 87.0 cm³/mol. The summed E-state index contributed by atoms with van der Waals surface area (Å²) in [6.45, 7) is 7.06. The number of aromatic nitrogens is 6. The topological polar surface area (TPSA) is 69.4 Å². The smallest absolute Gasteiger partial charge is 0.198 e. The number of hydrogen-bond acceptors (Lipinski definition) is 7. The molecule has 3 aromatic heterocycles. The van der Waals surface area contributed by atoms with Crippen molar-refractivity contribution in [3.05, 3.63) is 30.4 Å². The zero-order chi connectivity index (χ0) is 15.5. The second kappa shape index (κ2) is 6.53. The standard InChI is InChI=1S/C14H16N6S2/c1-4-20-12(10-5-7-15-8-6-10)17-18-13(20)21-14-16-11(9(2)3)19-22-14/h5-9H,4H2,1-3H3. The van der Waals surface area contributed by atoms with Gasteiger partial charge in [-0.05, 0) is 42.4 Å². The molecule has 0 aliphatic carbocycles. The second-order valence-corrected chi connectivity index (χ2v) is 6.93. The highest BCUT2D eigenvalue weighted by Crippen LogP contribution is 2.31. The summed E-state index contributed by atoms with van der Waals surface area (Å²) in [4.78, 5) is 8.58. The molecule has 3 rings (SSSR count). The van der Waals surface area contributed by atoms with E-state index >= 15 is 0 Å². The van der Waals surface area contributed by atoms with Crippen LogP contribution in [-0.4, -0.2) is 29.1 Å². The van der Waals surface area contributed by atoms with Crippen molar-refractivity contribution in [3.63, 3.8) is 0 Å². The molecule has 0 spiro atoms. The Hall–Kier alpha value is -1.80. The molecule has 0 radical (unpaired) electrons. The lowest BCUT2D eigenvalue weighted by atomic mass is 10.2. The van der Waals surface area contributed by atoms with Crippen molar-refractivity contribution < 1.29 is 0 Å². The molecule has 22 heavy (non-hydrogen) atoms. The first-order valence-corrected chi connectivity index (χ1v) is 8.63. The Morgan fingerprint density at radius 2 is 2.00 bits per heavy atom. The van der Waals surface area contributed by atoms with Crippen LogP contribution in [0, 0.1) is 0 Å². The lowest BCUT2D eigenvalue weighted by molar-refractivity contribution is 0.687. The maximum absolute atomic E-state index is 4.54. The summed E-state index contributed by atoms with van der Waals surface area (Å²) >= 11 is 2.92. The zero-order valence-electron chi connectivity index (χ0n) is 12.6. The molecular weight excluding hydrogens is 316 g/mol. The van der Waals surface area contributed by atoms with Crippen LogP contribution in [0.25, 0.3) is 11.4 Å². The molecule has 0 aliphatic heterocycles. The van der Waals surface area contributed by atoms with Crippen molar-refractivity contribution in [2.75, 3.05) is 0 Å². The van der Waals surface area contributed by atoms with Gasteiger partial charge >= 0.3 is 0 Å². The van der Waals surface area contributed by atoms with E-state index in [0.717, 1.165) is 33.3 Å². The molecule has 0 saturated heterocycles. The first-order chi connectivity index (χ1) is 10.7. The molecule has 0 aliphatic rings. The average Bonchev–Trinajstić information content (AvgIpc) is 3.15. The van der Waals surface area contributed by atoms with Crippen LogP contribution in [0.3, 0.4) is 0 Å². The van der Waals surface area contributed by atoms with Gasteiger partial charge in [0.25, 0.3) is 0 Å². The Labute approximate surface area is 137 Å². The molecule has 3 heterocycles. The summed E-state index contributed by atoms with van der Waals surface area (Å²) in [6.07, 6.45) is 3.52. The summed E-state index contributed by atoms with van der Waals surface area (Å²) in [7, 11) is 0. The summed E-state index contributed by atoms with van der Waals surface area (Å²) in [6, 6.07) is 3.87. The summed E-state index contributed by atoms with van der Waals surface area (Å²) in [5.74, 6) is 2.06. The summed E-state index contributed by atoms with van der Waals surface area (Å²) < 4.78 is 7.35. The maximum Gasteiger partial charge on any atom is 0.198 e. The summed E-state index contributed by atoms with van der Waals surface area (Å²) in [5.41, 5.74) is 1.01. The fourth-order valence-corrected chi connectivity index (χ4v) is 3.68. The number of pyridine rings is 1. The van der Waals surface area contributed by atoms with E-state index in [2.05, 4.69) is 49.9 Å². The third kappa shape index (κ3) is 3.02. The predicted octanol–water partition coefficient (Wildman–Crippen LogP) is 3.49. The number of hydrogen-bond donors (Lipinski definition) is 0. The second-order valence-electron chi connectivity index (χ2n) is 4.96. The van der Waals surface area contributed by atoms with Crippen molar-refractivity contribution in [1.29, 1.82) is 0 Å². The summed E-state index contributed by atoms with van der Waals surface area (Å²) in [5, 5.41) is 9.46. The third-order valence-electron chi connectivity index (χ3n) is 3.09. The third-order valence-corrected chi connectivity index (χ3v) is 4.84. The van der Waals surface area contributed by atoms with Gasteiger partial charge in [0.2, 0.25) is 0 Å². The molecule has 8 heteroatoms. The molecule has 114 valence electrons. The highest BCUT2D eigenvalue weighted by Gasteiger charge is 2.16. The Kier molecular flexibility index (Phi) is 4.49. The minimum Gasteiger partial charge on any atom is -0.302 e. The quantitative estimate of drug-likeness (QED) is 0.712. The van der Waals surface area contributed by atoms with Gasteiger partial charge in [-0.15, -0.1) is 10.2 Å². The van der Waals surface area contributed by atoms with Gasteiger partial charge in [-0.1, -0.05) is 13.8 Å². The molecule has 0 bridgehead atoms. The van der Waals surface area contributed by atoms with Crippen molar-refractivity contribution in [2.24, 2.45) is 0 Å². The van der Waals surface area contributed by atoms with Crippen molar-refractivity contribution in [3.8, 4) is 11.4 Å². The fraction of sp³-hybridized carbons (Fsp3) is 0.357. The van der Waals surface area contributed by atoms with Crippen LogP contribution >= 0.6 is 23.3 Å². The highest BCUT2D eigenvalue weighted by molar-refractivity contribution is 8.00. The number of nitrogens with zero attached hydrogens (tertiary/aromatic N) is 6. The molecule has 0 atom stereocenters. The highest BCUT2D eigenvalue weighted by atomic mass is 32.2. The molecule has 0 aromatic carbocycles. The molecule has 0 fully saturated rings. The van der Waals surface area contributed by atoms with Crippen molar-refractivity contribution >= 4 is 23.3 Å². The van der Waals surface area contributed by atoms with Gasteiger partial charge in [0, 0.05) is 30.4 Å². The lowest BCUT2D eigenvalue weighted by Crippen LogP contribution is -1.99. The monoisotopic (exact) mass is 332 g/mol. The van der Waals surface area contributed by atoms with E-state index in [1.165, 1.54) is 23.3 Å². The van der Waals surface area contributed by atoms with Gasteiger partial charge in [0.15, 0.2) is 15.3 Å². The molecule has 0 unspecified atom stereocenters. The van der Waals surface area contributed by atoms with Crippen molar-refractivity contribution in [1.82, 2.24) is 29.1 Å². The SMILES string of the molecule is CCn1c(Sc2nc(C(C)C)ns2)nnc1-c1ccncc1. The van der Waals surface area contributed by atoms with E-state index < -0.39 is 0 Å². The lowest BCUT2D eigenvalue weighted by Gasteiger charge is -2.05. The normalized spacial score (nSPS) is 11.3. The first kappa shape index (κ1) is 15.1. The van der Waals surface area contributed by atoms with Gasteiger partial charge in [0.05, 0.1) is 0 Å². The maximum atomic E-state index is 4.54. The van der Waals surface area contributed by atoms with E-state index in [0.29, 0.717) is 5.92 Å². The van der Waals surface area contributed by atoms with E-state index in [9.17, 15) is 0 Å². The van der Waals surface area contributed by atoms with Crippen LogP contribution in [0.2, 0.25) is 0 Å². The number of rotatable bonds is 5. The van der Waals surface area contributed by atoms with Gasteiger partial charge in [-0.3, -0.25) is 4.98 Å². The van der Waals surface area contributed by atoms with Gasteiger partial charge in [-0.2, -0.15) is 4.37 Å². The Balaban J connectivity index is 1.90. The minimum absolute atomic E-state index is 0.335. The van der Waals surface area contributed by atoms with E-state index in [-0.39, 0.29) is 0 Å². The van der Waals surface area contributed by atoms with Crippen LogP contribution in [-0.2, 0) is 6.54 Å². The average molecular weight is 332 g/mol.